The number of nitrogens with one attached hydrogen (secondary N) is 1. The van der Waals surface area contributed by atoms with Gasteiger partial charge in [-0.3, -0.25) is 4.79 Å². The quantitative estimate of drug-likeness (QED) is 0.682. The second-order valence-electron chi connectivity index (χ2n) is 5.90. The molecule has 0 unspecified atom stereocenters. The smallest absolute Gasteiger partial charge is 0.228 e. The predicted molar refractivity (Wildman–Crippen MR) is 103 cm³/mol. The van der Waals surface area contributed by atoms with E-state index in [0.29, 0.717) is 36.1 Å². The van der Waals surface area contributed by atoms with Crippen molar-refractivity contribution < 1.29 is 19.0 Å². The summed E-state index contributed by atoms with van der Waals surface area (Å²) in [5.41, 5.74) is 1.53. The Morgan fingerprint density at radius 2 is 1.62 bits per heavy atom. The van der Waals surface area contributed by atoms with Gasteiger partial charge in [0.25, 0.3) is 0 Å². The highest BCUT2D eigenvalue weighted by Gasteiger charge is 2.11. The molecular weight excluding hydrogens is 330 g/mol. The molecule has 5 heteroatoms. The second kappa shape index (κ2) is 10.3. The third-order valence-electron chi connectivity index (χ3n) is 3.69. The number of benzene rings is 2. The maximum Gasteiger partial charge on any atom is 0.228 e. The van der Waals surface area contributed by atoms with Crippen molar-refractivity contribution in [3.63, 3.8) is 0 Å². The minimum absolute atomic E-state index is 0.113. The Bertz CT molecular complexity index is 715. The number of carbonyl (C=O) groups is 1. The molecule has 26 heavy (non-hydrogen) atoms. The molecule has 2 aromatic carbocycles. The summed E-state index contributed by atoms with van der Waals surface area (Å²) in [6.07, 6.45) is 2.06. The number of hydrogen-bond donors (Lipinski definition) is 1. The molecule has 1 N–H and O–H groups in total. The minimum Gasteiger partial charge on any atom is -0.496 e. The van der Waals surface area contributed by atoms with E-state index in [-0.39, 0.29) is 12.3 Å². The summed E-state index contributed by atoms with van der Waals surface area (Å²) in [5.74, 6) is 1.94. The number of rotatable bonds is 10. The highest BCUT2D eigenvalue weighted by Crippen LogP contribution is 2.31. The van der Waals surface area contributed by atoms with Crippen LogP contribution in [0.1, 0.15) is 32.3 Å². The number of amides is 1. The summed E-state index contributed by atoms with van der Waals surface area (Å²) in [7, 11) is 1.60. The molecule has 2 aromatic rings. The van der Waals surface area contributed by atoms with Crippen LogP contribution < -0.4 is 19.5 Å². The molecule has 0 radical (unpaired) electrons. The Hall–Kier alpha value is -2.69. The van der Waals surface area contributed by atoms with Gasteiger partial charge in [0.2, 0.25) is 5.91 Å². The van der Waals surface area contributed by atoms with Crippen molar-refractivity contribution in [2.24, 2.45) is 0 Å². The van der Waals surface area contributed by atoms with E-state index in [9.17, 15) is 4.79 Å². The van der Waals surface area contributed by atoms with E-state index in [4.69, 9.17) is 14.2 Å². The molecule has 0 aliphatic carbocycles. The Labute approximate surface area is 155 Å². The summed E-state index contributed by atoms with van der Waals surface area (Å²) < 4.78 is 16.8. The number of hydrogen-bond acceptors (Lipinski definition) is 4. The molecular formula is C21H27NO4. The molecule has 0 aliphatic rings. The fourth-order valence-electron chi connectivity index (χ4n) is 2.47. The van der Waals surface area contributed by atoms with E-state index in [2.05, 4.69) is 12.2 Å². The van der Waals surface area contributed by atoms with E-state index in [1.165, 1.54) is 0 Å². The van der Waals surface area contributed by atoms with Crippen LogP contribution >= 0.6 is 0 Å². The molecule has 0 bridgehead atoms. The van der Waals surface area contributed by atoms with Gasteiger partial charge in [-0.1, -0.05) is 32.0 Å². The SMILES string of the molecule is CCCOc1ccc(NC(=O)Cc2ccccc2OC)cc1OCCC. The molecule has 2 rings (SSSR count). The van der Waals surface area contributed by atoms with E-state index < -0.39 is 0 Å². The van der Waals surface area contributed by atoms with E-state index in [1.54, 1.807) is 13.2 Å². The van der Waals surface area contributed by atoms with Crippen molar-refractivity contribution in [2.45, 2.75) is 33.1 Å². The number of carbonyl (C=O) groups excluding carboxylic acids is 1. The largest absolute Gasteiger partial charge is 0.496 e. The molecule has 0 aromatic heterocycles. The minimum atomic E-state index is -0.113. The van der Waals surface area contributed by atoms with Crippen molar-refractivity contribution in [1.29, 1.82) is 0 Å². The number of para-hydroxylation sites is 1. The summed E-state index contributed by atoms with van der Waals surface area (Å²) in [5, 5.41) is 2.91. The standard InChI is InChI=1S/C21H27NO4/c1-4-12-25-19-11-10-17(15-20(19)26-13-5-2)22-21(23)14-16-8-6-7-9-18(16)24-3/h6-11,15H,4-5,12-14H2,1-3H3,(H,22,23). The fraction of sp³-hybridized carbons (Fsp3) is 0.381. The van der Waals surface area contributed by atoms with Gasteiger partial charge in [0.15, 0.2) is 11.5 Å². The lowest BCUT2D eigenvalue weighted by Gasteiger charge is -2.14. The molecule has 0 spiro atoms. The maximum atomic E-state index is 12.4. The molecule has 140 valence electrons. The van der Waals surface area contributed by atoms with Gasteiger partial charge in [0, 0.05) is 17.3 Å². The zero-order chi connectivity index (χ0) is 18.8. The van der Waals surface area contributed by atoms with Crippen LogP contribution in [0, 0.1) is 0 Å². The number of methoxy groups -OCH3 is 1. The van der Waals surface area contributed by atoms with Gasteiger partial charge in [-0.15, -0.1) is 0 Å². The molecule has 0 fully saturated rings. The Morgan fingerprint density at radius 3 is 2.31 bits per heavy atom. The van der Waals surface area contributed by atoms with Crippen molar-refractivity contribution in [3.8, 4) is 17.2 Å². The van der Waals surface area contributed by atoms with Crippen LogP contribution in [0.2, 0.25) is 0 Å². The van der Waals surface area contributed by atoms with Gasteiger partial charge in [0.05, 0.1) is 26.7 Å². The van der Waals surface area contributed by atoms with Crippen LogP contribution in [-0.4, -0.2) is 26.2 Å². The summed E-state index contributed by atoms with van der Waals surface area (Å²) >= 11 is 0. The van der Waals surface area contributed by atoms with Crippen molar-refractivity contribution in [1.82, 2.24) is 0 Å². The monoisotopic (exact) mass is 357 g/mol. The topological polar surface area (TPSA) is 56.8 Å². The van der Waals surface area contributed by atoms with Gasteiger partial charge in [-0.2, -0.15) is 0 Å². The number of anilines is 1. The van der Waals surface area contributed by atoms with Crippen molar-refractivity contribution >= 4 is 11.6 Å². The average Bonchev–Trinajstić information content (AvgIpc) is 2.66. The molecule has 0 saturated heterocycles. The van der Waals surface area contributed by atoms with Crippen LogP contribution in [-0.2, 0) is 11.2 Å². The van der Waals surface area contributed by atoms with Crippen LogP contribution in [0.3, 0.4) is 0 Å². The lowest BCUT2D eigenvalue weighted by atomic mass is 10.1. The van der Waals surface area contributed by atoms with Gasteiger partial charge in [-0.05, 0) is 31.0 Å². The van der Waals surface area contributed by atoms with Gasteiger partial charge in [-0.25, -0.2) is 0 Å². The summed E-state index contributed by atoms with van der Waals surface area (Å²) in [6.45, 7) is 5.33. The maximum absolute atomic E-state index is 12.4. The van der Waals surface area contributed by atoms with Gasteiger partial charge < -0.3 is 19.5 Å². The first-order chi connectivity index (χ1) is 12.7. The highest BCUT2D eigenvalue weighted by atomic mass is 16.5. The first-order valence-corrected chi connectivity index (χ1v) is 8.99. The molecule has 1 amide bonds. The molecule has 5 nitrogen and oxygen atoms in total. The lowest BCUT2D eigenvalue weighted by Crippen LogP contribution is -2.15. The normalized spacial score (nSPS) is 10.3. The van der Waals surface area contributed by atoms with Crippen LogP contribution in [0.15, 0.2) is 42.5 Å². The van der Waals surface area contributed by atoms with Crippen LogP contribution in [0.5, 0.6) is 17.2 Å². The Morgan fingerprint density at radius 1 is 0.923 bits per heavy atom. The Balaban J connectivity index is 2.08. The number of ether oxygens (including phenoxy) is 3. The summed E-state index contributed by atoms with van der Waals surface area (Å²) in [6, 6.07) is 13.0. The van der Waals surface area contributed by atoms with Gasteiger partial charge in [0.1, 0.15) is 5.75 Å². The highest BCUT2D eigenvalue weighted by molar-refractivity contribution is 5.93. The molecule has 0 aliphatic heterocycles. The average molecular weight is 357 g/mol. The van der Waals surface area contributed by atoms with Crippen LogP contribution in [0.4, 0.5) is 5.69 Å². The first kappa shape index (κ1) is 19.6. The lowest BCUT2D eigenvalue weighted by molar-refractivity contribution is -0.115. The van der Waals surface area contributed by atoms with Crippen LogP contribution in [0.25, 0.3) is 0 Å². The zero-order valence-electron chi connectivity index (χ0n) is 15.7. The molecule has 0 saturated carbocycles. The van der Waals surface area contributed by atoms with Gasteiger partial charge >= 0.3 is 0 Å². The van der Waals surface area contributed by atoms with Crippen molar-refractivity contribution in [3.05, 3.63) is 48.0 Å². The van der Waals surface area contributed by atoms with E-state index in [0.717, 1.165) is 18.4 Å². The predicted octanol–water partition coefficient (Wildman–Crippen LogP) is 4.45. The molecule has 0 heterocycles. The van der Waals surface area contributed by atoms with E-state index >= 15 is 0 Å². The summed E-state index contributed by atoms with van der Waals surface area (Å²) in [4.78, 5) is 12.4. The fourth-order valence-corrected chi connectivity index (χ4v) is 2.47. The van der Waals surface area contributed by atoms with E-state index in [1.807, 2.05) is 43.3 Å². The second-order valence-corrected chi connectivity index (χ2v) is 5.90. The zero-order valence-corrected chi connectivity index (χ0v) is 15.7. The Kier molecular flexibility index (Phi) is 7.80. The third kappa shape index (κ3) is 5.69. The van der Waals surface area contributed by atoms with Crippen molar-refractivity contribution in [2.75, 3.05) is 25.6 Å². The first-order valence-electron chi connectivity index (χ1n) is 8.99. The third-order valence-corrected chi connectivity index (χ3v) is 3.69. The molecule has 0 atom stereocenters.